The molecule has 0 spiro atoms. The lowest BCUT2D eigenvalue weighted by Gasteiger charge is -2.32. The Hall–Kier alpha value is -3.91. The van der Waals surface area contributed by atoms with Gasteiger partial charge in [-0.1, -0.05) is 78.9 Å². The SMILES string of the molecule is Cc1cc(B2OC(C)(C)C(C)(C)O2)ccc1-c1c2ccccc2c(-c2ccc(C#N)cc2)c2ccccc12. The van der Waals surface area contributed by atoms with Crippen LogP contribution in [0.3, 0.4) is 0 Å². The first-order valence-electron chi connectivity index (χ1n) is 13.1. The fraction of sp³-hybridized carbons (Fsp3) is 0.206. The van der Waals surface area contributed by atoms with Crippen molar-refractivity contribution in [2.75, 3.05) is 0 Å². The lowest BCUT2D eigenvalue weighted by Crippen LogP contribution is -2.41. The maximum Gasteiger partial charge on any atom is 0.494 e. The summed E-state index contributed by atoms with van der Waals surface area (Å²) in [5, 5.41) is 14.1. The summed E-state index contributed by atoms with van der Waals surface area (Å²) in [5.41, 5.74) is 6.85. The van der Waals surface area contributed by atoms with Gasteiger partial charge in [-0.05, 0) is 102 Å². The molecule has 5 aromatic rings. The van der Waals surface area contributed by atoms with E-state index in [9.17, 15) is 5.26 Å². The van der Waals surface area contributed by atoms with Crippen LogP contribution in [0.1, 0.15) is 38.8 Å². The fourth-order valence-corrected chi connectivity index (χ4v) is 5.53. The monoisotopic (exact) mass is 495 g/mol. The average molecular weight is 495 g/mol. The summed E-state index contributed by atoms with van der Waals surface area (Å²) < 4.78 is 12.7. The lowest BCUT2D eigenvalue weighted by molar-refractivity contribution is 0.00578. The number of fused-ring (bicyclic) bond motifs is 2. The Kier molecular flexibility index (Phi) is 5.68. The van der Waals surface area contributed by atoms with Crippen LogP contribution in [0.5, 0.6) is 0 Å². The Bertz CT molecular complexity index is 1670. The number of nitriles is 1. The van der Waals surface area contributed by atoms with Gasteiger partial charge in [0.25, 0.3) is 0 Å². The van der Waals surface area contributed by atoms with Gasteiger partial charge in [0.15, 0.2) is 0 Å². The lowest BCUT2D eigenvalue weighted by atomic mass is 9.76. The van der Waals surface area contributed by atoms with Gasteiger partial charge in [-0.25, -0.2) is 0 Å². The standard InChI is InChI=1S/C34H30BNO2/c1-22-20-25(35-37-33(2,3)34(4,5)38-35)18-19-26(22)32-29-12-8-6-10-27(29)31(28-11-7-9-13-30(28)32)24-16-14-23(21-36)15-17-24/h6-20H,1-5H3. The number of hydrogen-bond acceptors (Lipinski definition) is 3. The third-order valence-corrected chi connectivity index (χ3v) is 8.28. The van der Waals surface area contributed by atoms with E-state index >= 15 is 0 Å². The van der Waals surface area contributed by atoms with E-state index in [1.54, 1.807) is 0 Å². The predicted molar refractivity (Wildman–Crippen MR) is 157 cm³/mol. The highest BCUT2D eigenvalue weighted by molar-refractivity contribution is 6.62. The van der Waals surface area contributed by atoms with Gasteiger partial charge in [-0.3, -0.25) is 0 Å². The van der Waals surface area contributed by atoms with Crippen LogP contribution in [-0.2, 0) is 9.31 Å². The van der Waals surface area contributed by atoms with E-state index in [0.717, 1.165) is 11.0 Å². The van der Waals surface area contributed by atoms with Gasteiger partial charge in [0, 0.05) is 0 Å². The summed E-state index contributed by atoms with van der Waals surface area (Å²) in [6, 6.07) is 33.9. The summed E-state index contributed by atoms with van der Waals surface area (Å²) in [6.45, 7) is 10.5. The molecule has 3 nitrogen and oxygen atoms in total. The smallest absolute Gasteiger partial charge is 0.399 e. The fourth-order valence-electron chi connectivity index (χ4n) is 5.53. The number of rotatable bonds is 3. The molecule has 0 N–H and O–H groups in total. The first-order chi connectivity index (χ1) is 18.2. The predicted octanol–water partition coefficient (Wildman–Crippen LogP) is 7.81. The van der Waals surface area contributed by atoms with E-state index < -0.39 is 0 Å². The van der Waals surface area contributed by atoms with E-state index in [-0.39, 0.29) is 18.3 Å². The van der Waals surface area contributed by atoms with E-state index in [2.05, 4.69) is 120 Å². The van der Waals surface area contributed by atoms with Gasteiger partial charge < -0.3 is 9.31 Å². The number of nitrogens with zero attached hydrogens (tertiary/aromatic N) is 1. The van der Waals surface area contributed by atoms with Gasteiger partial charge in [-0.15, -0.1) is 0 Å². The molecule has 0 unspecified atom stereocenters. The van der Waals surface area contributed by atoms with E-state index in [0.29, 0.717) is 5.56 Å². The van der Waals surface area contributed by atoms with Crippen LogP contribution < -0.4 is 5.46 Å². The van der Waals surface area contributed by atoms with Crippen molar-refractivity contribution in [2.45, 2.75) is 45.8 Å². The minimum atomic E-state index is -0.389. The molecule has 4 heteroatoms. The molecule has 0 saturated carbocycles. The topological polar surface area (TPSA) is 42.2 Å². The van der Waals surface area contributed by atoms with Gasteiger partial charge in [0.05, 0.1) is 22.8 Å². The van der Waals surface area contributed by atoms with Crippen LogP contribution in [0.25, 0.3) is 43.8 Å². The Morgan fingerprint density at radius 1 is 0.658 bits per heavy atom. The molecule has 0 aromatic heterocycles. The third kappa shape index (κ3) is 3.82. The number of hydrogen-bond donors (Lipinski definition) is 0. The van der Waals surface area contributed by atoms with Crippen LogP contribution >= 0.6 is 0 Å². The molecule has 1 fully saturated rings. The van der Waals surface area contributed by atoms with Crippen molar-refractivity contribution >= 4 is 34.1 Å². The summed E-state index contributed by atoms with van der Waals surface area (Å²) >= 11 is 0. The molecule has 0 aliphatic carbocycles. The minimum Gasteiger partial charge on any atom is -0.399 e. The maximum atomic E-state index is 9.31. The quantitative estimate of drug-likeness (QED) is 0.189. The zero-order chi connectivity index (χ0) is 26.7. The van der Waals surface area contributed by atoms with Gasteiger partial charge in [-0.2, -0.15) is 5.26 Å². The molecule has 0 bridgehead atoms. The van der Waals surface area contributed by atoms with Gasteiger partial charge in [0.1, 0.15) is 0 Å². The molecule has 186 valence electrons. The van der Waals surface area contributed by atoms with E-state index in [1.165, 1.54) is 43.8 Å². The molecule has 1 aliphatic heterocycles. The molecule has 1 heterocycles. The van der Waals surface area contributed by atoms with Crippen molar-refractivity contribution < 1.29 is 9.31 Å². The van der Waals surface area contributed by atoms with Crippen molar-refractivity contribution in [1.29, 1.82) is 5.26 Å². The second kappa shape index (κ2) is 8.84. The van der Waals surface area contributed by atoms with Crippen molar-refractivity contribution in [2.24, 2.45) is 0 Å². The first kappa shape index (κ1) is 24.4. The molecule has 1 saturated heterocycles. The summed E-state index contributed by atoms with van der Waals surface area (Å²) in [7, 11) is -0.389. The van der Waals surface area contributed by atoms with Gasteiger partial charge in [0.2, 0.25) is 0 Å². The largest absolute Gasteiger partial charge is 0.494 e. The zero-order valence-electron chi connectivity index (χ0n) is 22.5. The summed E-state index contributed by atoms with van der Waals surface area (Å²) in [5.74, 6) is 0. The molecule has 0 atom stereocenters. The second-order valence-electron chi connectivity index (χ2n) is 11.2. The van der Waals surface area contributed by atoms with Crippen molar-refractivity contribution in [1.82, 2.24) is 0 Å². The molecule has 1 aliphatic rings. The van der Waals surface area contributed by atoms with Crippen LogP contribution in [0, 0.1) is 18.3 Å². The van der Waals surface area contributed by atoms with Crippen molar-refractivity contribution in [3.63, 3.8) is 0 Å². The second-order valence-corrected chi connectivity index (χ2v) is 11.2. The third-order valence-electron chi connectivity index (χ3n) is 8.28. The van der Waals surface area contributed by atoms with Crippen LogP contribution in [0.15, 0.2) is 91.0 Å². The normalized spacial score (nSPS) is 16.2. The molecule has 38 heavy (non-hydrogen) atoms. The summed E-state index contributed by atoms with van der Waals surface area (Å²) in [6.07, 6.45) is 0. The van der Waals surface area contributed by atoms with Crippen LogP contribution in [0.2, 0.25) is 0 Å². The van der Waals surface area contributed by atoms with E-state index in [1.807, 2.05) is 12.1 Å². The molecule has 6 rings (SSSR count). The van der Waals surface area contributed by atoms with Crippen LogP contribution in [-0.4, -0.2) is 18.3 Å². The highest BCUT2D eigenvalue weighted by Crippen LogP contribution is 2.44. The molecule has 0 amide bonds. The molecular formula is C34H30BNO2. The Morgan fingerprint density at radius 3 is 1.63 bits per heavy atom. The Morgan fingerprint density at radius 2 is 1.16 bits per heavy atom. The molecule has 0 radical (unpaired) electrons. The Balaban J connectivity index is 1.56. The highest BCUT2D eigenvalue weighted by atomic mass is 16.7. The Labute approximate surface area is 224 Å². The summed E-state index contributed by atoms with van der Waals surface area (Å²) in [4.78, 5) is 0. The van der Waals surface area contributed by atoms with Gasteiger partial charge >= 0.3 is 7.12 Å². The van der Waals surface area contributed by atoms with Crippen LogP contribution in [0.4, 0.5) is 0 Å². The van der Waals surface area contributed by atoms with Crippen molar-refractivity contribution in [3.8, 4) is 28.3 Å². The number of benzene rings is 5. The highest BCUT2D eigenvalue weighted by Gasteiger charge is 2.51. The zero-order valence-corrected chi connectivity index (χ0v) is 22.5. The maximum absolute atomic E-state index is 9.31. The molecule has 5 aromatic carbocycles. The number of aryl methyl sites for hydroxylation is 1. The minimum absolute atomic E-state index is 0.377. The average Bonchev–Trinajstić information content (AvgIpc) is 3.14. The van der Waals surface area contributed by atoms with Crippen molar-refractivity contribution in [3.05, 3.63) is 102 Å². The first-order valence-corrected chi connectivity index (χ1v) is 13.1. The molecular weight excluding hydrogens is 465 g/mol. The van der Waals surface area contributed by atoms with E-state index in [4.69, 9.17) is 9.31 Å².